The number of nitrogens with zero attached hydrogens (tertiary/aromatic N) is 3. The first-order valence-corrected chi connectivity index (χ1v) is 5.26. The summed E-state index contributed by atoms with van der Waals surface area (Å²) < 4.78 is 3.85. The largest absolute Gasteiger partial charge is 0.350 e. The van der Waals surface area contributed by atoms with Crippen LogP contribution in [0.1, 0.15) is 5.56 Å². The molecule has 15 heavy (non-hydrogen) atoms. The maximum absolute atomic E-state index is 11.6. The molecule has 0 bridgehead atoms. The van der Waals surface area contributed by atoms with E-state index >= 15 is 0 Å². The summed E-state index contributed by atoms with van der Waals surface area (Å²) in [5, 5.41) is 3.90. The summed E-state index contributed by atoms with van der Waals surface area (Å²) in [5.74, 6) is 0. The minimum absolute atomic E-state index is 0.142. The quantitative estimate of drug-likeness (QED) is 0.788. The molecule has 78 valence electrons. The van der Waals surface area contributed by atoms with E-state index in [-0.39, 0.29) is 5.69 Å². The molecule has 0 radical (unpaired) electrons. The second kappa shape index (κ2) is 3.66. The third-order valence-electron chi connectivity index (χ3n) is 2.24. The highest BCUT2D eigenvalue weighted by atomic mass is 79.9. The van der Waals surface area contributed by atoms with Crippen molar-refractivity contribution in [2.24, 2.45) is 7.05 Å². The molecular formula is C10H10BrN3O. The molecule has 2 aromatic rings. The Morgan fingerprint density at radius 3 is 2.67 bits per heavy atom. The number of benzene rings is 1. The molecule has 0 saturated carbocycles. The van der Waals surface area contributed by atoms with Gasteiger partial charge in [-0.25, -0.2) is 14.0 Å². The maximum atomic E-state index is 11.6. The predicted molar refractivity (Wildman–Crippen MR) is 61.2 cm³/mol. The first-order chi connectivity index (χ1) is 7.09. The highest BCUT2D eigenvalue weighted by Crippen LogP contribution is 2.18. The van der Waals surface area contributed by atoms with Crippen molar-refractivity contribution in [2.75, 3.05) is 0 Å². The summed E-state index contributed by atoms with van der Waals surface area (Å²) in [7, 11) is 1.63. The number of aromatic nitrogens is 3. The van der Waals surface area contributed by atoms with Crippen LogP contribution in [0.5, 0.6) is 0 Å². The second-order valence-electron chi connectivity index (χ2n) is 3.34. The lowest BCUT2D eigenvalue weighted by Gasteiger charge is -2.03. The highest BCUT2D eigenvalue weighted by molar-refractivity contribution is 9.10. The molecule has 0 N–H and O–H groups in total. The van der Waals surface area contributed by atoms with E-state index in [9.17, 15) is 4.79 Å². The summed E-state index contributed by atoms with van der Waals surface area (Å²) in [6.45, 7) is 1.98. The molecule has 1 aromatic carbocycles. The van der Waals surface area contributed by atoms with E-state index in [0.717, 1.165) is 15.7 Å². The van der Waals surface area contributed by atoms with Crippen molar-refractivity contribution < 1.29 is 0 Å². The number of halogens is 1. The van der Waals surface area contributed by atoms with Gasteiger partial charge in [0.1, 0.15) is 6.33 Å². The Morgan fingerprint density at radius 1 is 1.40 bits per heavy atom. The van der Waals surface area contributed by atoms with Crippen LogP contribution in [0, 0.1) is 6.92 Å². The average Bonchev–Trinajstić information content (AvgIpc) is 2.53. The lowest BCUT2D eigenvalue weighted by molar-refractivity contribution is 0.726. The van der Waals surface area contributed by atoms with Gasteiger partial charge in [-0.3, -0.25) is 0 Å². The molecule has 0 aliphatic rings. The summed E-state index contributed by atoms with van der Waals surface area (Å²) in [6, 6.07) is 5.73. The van der Waals surface area contributed by atoms with Crippen molar-refractivity contribution in [1.82, 2.24) is 14.3 Å². The Labute approximate surface area is 95.3 Å². The van der Waals surface area contributed by atoms with Gasteiger partial charge in [0, 0.05) is 11.5 Å². The fourth-order valence-electron chi connectivity index (χ4n) is 1.34. The van der Waals surface area contributed by atoms with E-state index in [1.165, 1.54) is 15.6 Å². The number of hydrogen-bond donors (Lipinski definition) is 0. The van der Waals surface area contributed by atoms with Crippen molar-refractivity contribution in [3.63, 3.8) is 0 Å². The Morgan fingerprint density at radius 2 is 2.13 bits per heavy atom. The molecule has 0 unspecified atom stereocenters. The normalized spacial score (nSPS) is 10.6. The Bertz CT molecular complexity index is 556. The van der Waals surface area contributed by atoms with Gasteiger partial charge >= 0.3 is 5.69 Å². The van der Waals surface area contributed by atoms with Crippen molar-refractivity contribution in [1.29, 1.82) is 0 Å². The molecule has 0 atom stereocenters. The van der Waals surface area contributed by atoms with Crippen LogP contribution in [-0.4, -0.2) is 14.3 Å². The third-order valence-corrected chi connectivity index (χ3v) is 3.13. The van der Waals surface area contributed by atoms with Crippen LogP contribution in [0.4, 0.5) is 0 Å². The summed E-state index contributed by atoms with van der Waals surface area (Å²) in [4.78, 5) is 11.6. The van der Waals surface area contributed by atoms with Gasteiger partial charge in [0.25, 0.3) is 0 Å². The van der Waals surface area contributed by atoms with Crippen LogP contribution >= 0.6 is 15.9 Å². The fraction of sp³-hybridized carbons (Fsp3) is 0.200. The third kappa shape index (κ3) is 1.74. The lowest BCUT2D eigenvalue weighted by atomic mass is 10.2. The topological polar surface area (TPSA) is 39.8 Å². The molecule has 0 saturated heterocycles. The van der Waals surface area contributed by atoms with Crippen molar-refractivity contribution in [3.8, 4) is 5.69 Å². The van der Waals surface area contributed by atoms with E-state index < -0.39 is 0 Å². The predicted octanol–water partition coefficient (Wildman–Crippen LogP) is 1.64. The Hall–Kier alpha value is -1.36. The van der Waals surface area contributed by atoms with E-state index in [2.05, 4.69) is 21.0 Å². The highest BCUT2D eigenvalue weighted by Gasteiger charge is 2.04. The van der Waals surface area contributed by atoms with Crippen LogP contribution in [-0.2, 0) is 7.05 Å². The van der Waals surface area contributed by atoms with Gasteiger partial charge in [-0.15, -0.1) is 0 Å². The van der Waals surface area contributed by atoms with Crippen molar-refractivity contribution in [2.45, 2.75) is 6.92 Å². The van der Waals surface area contributed by atoms with Gasteiger partial charge in [0.15, 0.2) is 0 Å². The van der Waals surface area contributed by atoms with Crippen LogP contribution in [0.2, 0.25) is 0 Å². The van der Waals surface area contributed by atoms with Gasteiger partial charge in [0.2, 0.25) is 0 Å². The zero-order valence-electron chi connectivity index (χ0n) is 8.44. The van der Waals surface area contributed by atoms with Gasteiger partial charge in [0.05, 0.1) is 5.69 Å². The first kappa shape index (κ1) is 10.2. The van der Waals surface area contributed by atoms with E-state index in [0.29, 0.717) is 0 Å². The monoisotopic (exact) mass is 267 g/mol. The van der Waals surface area contributed by atoms with E-state index in [1.807, 2.05) is 25.1 Å². The van der Waals surface area contributed by atoms with Gasteiger partial charge in [-0.1, -0.05) is 15.9 Å². The minimum Gasteiger partial charge on any atom is -0.250 e. The van der Waals surface area contributed by atoms with Gasteiger partial charge in [-0.2, -0.15) is 5.10 Å². The molecular weight excluding hydrogens is 258 g/mol. The van der Waals surface area contributed by atoms with Crippen molar-refractivity contribution >= 4 is 15.9 Å². The molecule has 1 heterocycles. The van der Waals surface area contributed by atoms with Crippen LogP contribution < -0.4 is 5.69 Å². The summed E-state index contributed by atoms with van der Waals surface area (Å²) in [6.07, 6.45) is 1.52. The summed E-state index contributed by atoms with van der Waals surface area (Å²) in [5.41, 5.74) is 1.77. The molecule has 0 amide bonds. The zero-order valence-corrected chi connectivity index (χ0v) is 10.0. The molecule has 1 aromatic heterocycles. The fourth-order valence-corrected chi connectivity index (χ4v) is 1.59. The zero-order chi connectivity index (χ0) is 11.0. The molecule has 4 nitrogen and oxygen atoms in total. The SMILES string of the molecule is Cc1cc(-n2cnn(C)c2=O)ccc1Br. The van der Waals surface area contributed by atoms with Crippen LogP contribution in [0.3, 0.4) is 0 Å². The Balaban J connectivity index is 2.60. The van der Waals surface area contributed by atoms with Gasteiger partial charge in [-0.05, 0) is 30.7 Å². The first-order valence-electron chi connectivity index (χ1n) is 4.47. The van der Waals surface area contributed by atoms with Gasteiger partial charge < -0.3 is 0 Å². The smallest absolute Gasteiger partial charge is 0.250 e. The Kier molecular flexibility index (Phi) is 2.48. The maximum Gasteiger partial charge on any atom is 0.350 e. The average molecular weight is 268 g/mol. The summed E-state index contributed by atoms with van der Waals surface area (Å²) >= 11 is 3.42. The molecule has 0 aliphatic carbocycles. The van der Waals surface area contributed by atoms with E-state index in [4.69, 9.17) is 0 Å². The second-order valence-corrected chi connectivity index (χ2v) is 4.19. The lowest BCUT2D eigenvalue weighted by Crippen LogP contribution is -2.21. The van der Waals surface area contributed by atoms with E-state index in [1.54, 1.807) is 7.05 Å². The standard InChI is InChI=1S/C10H10BrN3O/c1-7-5-8(3-4-9(7)11)14-6-12-13(2)10(14)15/h3-6H,1-2H3. The minimum atomic E-state index is -0.142. The molecule has 0 spiro atoms. The van der Waals surface area contributed by atoms with Crippen molar-refractivity contribution in [3.05, 3.63) is 45.0 Å². The number of aryl methyl sites for hydroxylation is 2. The number of hydrogen-bond acceptors (Lipinski definition) is 2. The molecule has 2 rings (SSSR count). The molecule has 0 aliphatic heterocycles. The number of rotatable bonds is 1. The molecule has 5 heteroatoms. The van der Waals surface area contributed by atoms with Crippen LogP contribution in [0.25, 0.3) is 5.69 Å². The molecule has 0 fully saturated rings. The van der Waals surface area contributed by atoms with Crippen LogP contribution in [0.15, 0.2) is 33.8 Å².